The fourth-order valence-corrected chi connectivity index (χ4v) is 2.80. The lowest BCUT2D eigenvalue weighted by molar-refractivity contribution is -0.139. The second-order valence-electron chi connectivity index (χ2n) is 5.20. The highest BCUT2D eigenvalue weighted by atomic mass is 16.5. The van der Waals surface area contributed by atoms with Crippen LogP contribution in [0.5, 0.6) is 5.75 Å². The minimum Gasteiger partial charge on any atom is -0.492 e. The topological polar surface area (TPSA) is 65.4 Å². The maximum Gasteiger partial charge on any atom is 0.230 e. The third-order valence-corrected chi connectivity index (χ3v) is 3.90. The van der Waals surface area contributed by atoms with Gasteiger partial charge < -0.3 is 15.0 Å². The van der Waals surface area contributed by atoms with Crippen molar-refractivity contribution in [2.75, 3.05) is 26.2 Å². The quantitative estimate of drug-likeness (QED) is 0.810. The van der Waals surface area contributed by atoms with Crippen LogP contribution in [0.15, 0.2) is 24.3 Å². The first-order valence-corrected chi connectivity index (χ1v) is 6.91. The Morgan fingerprint density at radius 2 is 2.30 bits per heavy atom. The van der Waals surface area contributed by atoms with Crippen molar-refractivity contribution in [2.24, 2.45) is 5.92 Å². The fraction of sp³-hybridized carbons (Fsp3) is 0.467. The second-order valence-corrected chi connectivity index (χ2v) is 5.20. The van der Waals surface area contributed by atoms with Crippen LogP contribution in [0, 0.1) is 17.2 Å². The van der Waals surface area contributed by atoms with E-state index in [-0.39, 0.29) is 17.9 Å². The van der Waals surface area contributed by atoms with Crippen LogP contribution in [0.1, 0.15) is 5.56 Å². The molecule has 1 N–H and O–H groups in total. The van der Waals surface area contributed by atoms with E-state index in [0.29, 0.717) is 26.1 Å². The molecule has 1 fully saturated rings. The molecule has 20 heavy (non-hydrogen) atoms. The van der Waals surface area contributed by atoms with Crippen molar-refractivity contribution in [1.82, 2.24) is 10.2 Å². The highest BCUT2D eigenvalue weighted by Crippen LogP contribution is 2.28. The molecule has 2 aliphatic heterocycles. The Morgan fingerprint density at radius 1 is 1.45 bits per heavy atom. The molecule has 1 saturated heterocycles. The summed E-state index contributed by atoms with van der Waals surface area (Å²) in [5.41, 5.74) is 1.07. The molecule has 0 aromatic heterocycles. The van der Waals surface area contributed by atoms with Crippen molar-refractivity contribution in [3.8, 4) is 11.8 Å². The number of carbonyl (C=O) groups is 1. The van der Waals surface area contributed by atoms with Crippen LogP contribution in [-0.4, -0.2) is 43.1 Å². The van der Waals surface area contributed by atoms with Gasteiger partial charge in [-0.2, -0.15) is 5.26 Å². The van der Waals surface area contributed by atoms with Gasteiger partial charge in [-0.15, -0.1) is 0 Å². The zero-order chi connectivity index (χ0) is 13.9. The summed E-state index contributed by atoms with van der Waals surface area (Å²) in [6.07, 6.45) is 0.692. The lowest BCUT2D eigenvalue weighted by Crippen LogP contribution is -2.55. The first kappa shape index (κ1) is 12.9. The number of rotatable bonds is 1. The molecule has 1 aromatic carbocycles. The Bertz CT molecular complexity index is 552. The second kappa shape index (κ2) is 5.51. The number of amides is 1. The largest absolute Gasteiger partial charge is 0.492 e. The van der Waals surface area contributed by atoms with Crippen LogP contribution in [0.2, 0.25) is 0 Å². The molecule has 0 spiro atoms. The van der Waals surface area contributed by atoms with Gasteiger partial charge in [0.2, 0.25) is 5.91 Å². The Hall–Kier alpha value is -2.06. The van der Waals surface area contributed by atoms with Gasteiger partial charge in [0.25, 0.3) is 0 Å². The van der Waals surface area contributed by atoms with Crippen LogP contribution in [-0.2, 0) is 11.2 Å². The monoisotopic (exact) mass is 271 g/mol. The number of hydrogen-bond acceptors (Lipinski definition) is 4. The average molecular weight is 271 g/mol. The molecule has 2 atom stereocenters. The van der Waals surface area contributed by atoms with Crippen LogP contribution >= 0.6 is 0 Å². The molecule has 0 saturated carbocycles. The van der Waals surface area contributed by atoms with E-state index in [1.54, 1.807) is 4.90 Å². The summed E-state index contributed by atoms with van der Waals surface area (Å²) < 4.78 is 5.67. The Kier molecular flexibility index (Phi) is 3.57. The van der Waals surface area contributed by atoms with E-state index in [1.165, 1.54) is 0 Å². The SMILES string of the molecule is N#CC1CNCCN1C(=O)C1COc2ccccc2C1. The lowest BCUT2D eigenvalue weighted by atomic mass is 9.94. The van der Waals surface area contributed by atoms with Crippen LogP contribution in [0.4, 0.5) is 0 Å². The number of nitriles is 1. The minimum absolute atomic E-state index is 0.0348. The summed E-state index contributed by atoms with van der Waals surface area (Å²) in [7, 11) is 0. The van der Waals surface area contributed by atoms with E-state index in [1.807, 2.05) is 24.3 Å². The van der Waals surface area contributed by atoms with E-state index in [4.69, 9.17) is 10.00 Å². The number of nitrogens with one attached hydrogen (secondary N) is 1. The molecule has 2 unspecified atom stereocenters. The Balaban J connectivity index is 1.74. The Morgan fingerprint density at radius 3 is 3.15 bits per heavy atom. The fourth-order valence-electron chi connectivity index (χ4n) is 2.80. The predicted octanol–water partition coefficient (Wildman–Crippen LogP) is 0.562. The number of hydrogen-bond donors (Lipinski definition) is 1. The van der Waals surface area contributed by atoms with E-state index in [9.17, 15) is 4.79 Å². The van der Waals surface area contributed by atoms with E-state index < -0.39 is 0 Å². The van der Waals surface area contributed by atoms with Gasteiger partial charge in [-0.05, 0) is 18.1 Å². The van der Waals surface area contributed by atoms with Gasteiger partial charge in [0, 0.05) is 19.6 Å². The molecule has 0 aliphatic carbocycles. The first-order valence-electron chi connectivity index (χ1n) is 6.91. The Labute approximate surface area is 118 Å². The van der Waals surface area contributed by atoms with Crippen molar-refractivity contribution in [2.45, 2.75) is 12.5 Å². The standard InChI is InChI=1S/C15H17N3O2/c16-8-13-9-17-5-6-18(13)15(19)12-7-11-3-1-2-4-14(11)20-10-12/h1-4,12-13,17H,5-7,9-10H2. The van der Waals surface area contributed by atoms with E-state index in [0.717, 1.165) is 17.9 Å². The number of fused-ring (bicyclic) bond motifs is 1. The number of nitrogens with zero attached hydrogens (tertiary/aromatic N) is 2. The lowest BCUT2D eigenvalue weighted by Gasteiger charge is -2.35. The van der Waals surface area contributed by atoms with Crippen molar-refractivity contribution < 1.29 is 9.53 Å². The molecule has 3 rings (SSSR count). The van der Waals surface area contributed by atoms with Gasteiger partial charge in [-0.25, -0.2) is 0 Å². The normalized spacial score (nSPS) is 25.2. The minimum atomic E-state index is -0.367. The summed E-state index contributed by atoms with van der Waals surface area (Å²) in [5, 5.41) is 12.3. The predicted molar refractivity (Wildman–Crippen MR) is 73.1 cm³/mol. The molecular weight excluding hydrogens is 254 g/mol. The highest BCUT2D eigenvalue weighted by Gasteiger charge is 2.34. The molecular formula is C15H17N3O2. The van der Waals surface area contributed by atoms with Crippen molar-refractivity contribution in [1.29, 1.82) is 5.26 Å². The number of para-hydroxylation sites is 1. The number of carbonyl (C=O) groups excluding carboxylic acids is 1. The van der Waals surface area contributed by atoms with Gasteiger partial charge in [0.15, 0.2) is 0 Å². The first-order chi connectivity index (χ1) is 9.79. The molecule has 2 aliphatic rings. The molecule has 2 heterocycles. The van der Waals surface area contributed by atoms with Gasteiger partial charge in [-0.3, -0.25) is 4.79 Å². The van der Waals surface area contributed by atoms with Gasteiger partial charge in [-0.1, -0.05) is 18.2 Å². The van der Waals surface area contributed by atoms with Crippen LogP contribution in [0.3, 0.4) is 0 Å². The summed E-state index contributed by atoms with van der Waals surface area (Å²) in [6.45, 7) is 2.29. The van der Waals surface area contributed by atoms with Crippen LogP contribution < -0.4 is 10.1 Å². The maximum atomic E-state index is 12.6. The van der Waals surface area contributed by atoms with Crippen molar-refractivity contribution in [3.63, 3.8) is 0 Å². The summed E-state index contributed by atoms with van der Waals surface area (Å²) >= 11 is 0. The summed E-state index contributed by atoms with van der Waals surface area (Å²) in [6, 6.07) is 9.64. The molecule has 104 valence electrons. The number of ether oxygens (including phenoxy) is 1. The zero-order valence-corrected chi connectivity index (χ0v) is 11.2. The van der Waals surface area contributed by atoms with E-state index >= 15 is 0 Å². The molecule has 0 bridgehead atoms. The highest BCUT2D eigenvalue weighted by molar-refractivity contribution is 5.80. The van der Waals surface area contributed by atoms with Gasteiger partial charge >= 0.3 is 0 Å². The molecule has 5 heteroatoms. The number of piperazine rings is 1. The van der Waals surface area contributed by atoms with Crippen molar-refractivity contribution in [3.05, 3.63) is 29.8 Å². The molecule has 1 aromatic rings. The third kappa shape index (κ3) is 2.35. The molecule has 0 radical (unpaired) electrons. The summed E-state index contributed by atoms with van der Waals surface area (Å²) in [5.74, 6) is 0.722. The van der Waals surface area contributed by atoms with Crippen LogP contribution in [0.25, 0.3) is 0 Å². The van der Waals surface area contributed by atoms with Gasteiger partial charge in [0.05, 0.1) is 12.0 Å². The van der Waals surface area contributed by atoms with Crippen molar-refractivity contribution >= 4 is 5.91 Å². The third-order valence-electron chi connectivity index (χ3n) is 3.90. The molecule has 1 amide bonds. The molecule has 5 nitrogen and oxygen atoms in total. The maximum absolute atomic E-state index is 12.6. The summed E-state index contributed by atoms with van der Waals surface area (Å²) in [4.78, 5) is 14.3. The average Bonchev–Trinajstić information content (AvgIpc) is 2.53. The smallest absolute Gasteiger partial charge is 0.230 e. The van der Waals surface area contributed by atoms with Gasteiger partial charge in [0.1, 0.15) is 18.4 Å². The van der Waals surface area contributed by atoms with E-state index in [2.05, 4.69) is 11.4 Å². The zero-order valence-electron chi connectivity index (χ0n) is 11.2. The number of benzene rings is 1.